The molecule has 1 nitrogen and oxygen atoms in total. The van der Waals surface area contributed by atoms with Gasteiger partial charge in [0.15, 0.2) is 0 Å². The van der Waals surface area contributed by atoms with E-state index in [9.17, 15) is 4.39 Å². The minimum absolute atomic E-state index is 0.210. The van der Waals surface area contributed by atoms with E-state index in [0.717, 1.165) is 11.1 Å². The Balaban J connectivity index is 2.21. The van der Waals surface area contributed by atoms with E-state index < -0.39 is 5.54 Å². The molecule has 1 unspecified atom stereocenters. The molecule has 2 N–H and O–H groups in total. The summed E-state index contributed by atoms with van der Waals surface area (Å²) >= 11 is 1.63. The number of benzene rings is 1. The van der Waals surface area contributed by atoms with Crippen molar-refractivity contribution >= 4 is 11.3 Å². The van der Waals surface area contributed by atoms with E-state index >= 15 is 0 Å². The summed E-state index contributed by atoms with van der Waals surface area (Å²) in [4.78, 5) is 0. The van der Waals surface area contributed by atoms with E-state index in [0.29, 0.717) is 6.42 Å². The molecule has 0 bridgehead atoms. The summed E-state index contributed by atoms with van der Waals surface area (Å²) in [6.07, 6.45) is 0.640. The lowest BCUT2D eigenvalue weighted by atomic mass is 9.88. The van der Waals surface area contributed by atoms with E-state index in [2.05, 4.69) is 0 Å². The molecular formula is C13H14FNS. The molecule has 0 aliphatic rings. The van der Waals surface area contributed by atoms with Crippen molar-refractivity contribution in [2.24, 2.45) is 5.73 Å². The molecule has 0 spiro atoms. The average Bonchev–Trinajstić information content (AvgIpc) is 2.69. The van der Waals surface area contributed by atoms with E-state index in [1.807, 2.05) is 29.8 Å². The molecule has 1 aromatic heterocycles. The summed E-state index contributed by atoms with van der Waals surface area (Å²) in [7, 11) is 0. The van der Waals surface area contributed by atoms with Gasteiger partial charge >= 0.3 is 0 Å². The van der Waals surface area contributed by atoms with Crippen molar-refractivity contribution in [1.29, 1.82) is 0 Å². The summed E-state index contributed by atoms with van der Waals surface area (Å²) in [5.74, 6) is -0.210. The zero-order valence-electron chi connectivity index (χ0n) is 9.11. The second kappa shape index (κ2) is 4.36. The monoisotopic (exact) mass is 235 g/mol. The Bertz CT molecular complexity index is 463. The molecule has 0 amide bonds. The maximum absolute atomic E-state index is 13.0. The standard InChI is InChI=1S/C13H14FNS/c1-13(15,11-5-6-16-9-11)8-10-3-2-4-12(14)7-10/h2-7,9H,8,15H2,1H3. The highest BCUT2D eigenvalue weighted by molar-refractivity contribution is 7.08. The third kappa shape index (κ3) is 2.49. The van der Waals surface area contributed by atoms with Gasteiger partial charge in [-0.3, -0.25) is 0 Å². The molecule has 1 aromatic carbocycles. The van der Waals surface area contributed by atoms with Crippen molar-refractivity contribution in [2.75, 3.05) is 0 Å². The molecule has 0 aliphatic heterocycles. The molecule has 0 aliphatic carbocycles. The number of hydrogen-bond donors (Lipinski definition) is 1. The lowest BCUT2D eigenvalue weighted by Crippen LogP contribution is -2.34. The van der Waals surface area contributed by atoms with Gasteiger partial charge in [0.25, 0.3) is 0 Å². The van der Waals surface area contributed by atoms with Gasteiger partial charge in [0.1, 0.15) is 5.82 Å². The van der Waals surface area contributed by atoms with Crippen LogP contribution in [-0.4, -0.2) is 0 Å². The van der Waals surface area contributed by atoms with Crippen LogP contribution in [0.25, 0.3) is 0 Å². The Morgan fingerprint density at radius 3 is 2.81 bits per heavy atom. The minimum Gasteiger partial charge on any atom is -0.321 e. The smallest absolute Gasteiger partial charge is 0.123 e. The van der Waals surface area contributed by atoms with Gasteiger partial charge in [-0.2, -0.15) is 11.3 Å². The molecule has 0 saturated heterocycles. The molecule has 3 heteroatoms. The summed E-state index contributed by atoms with van der Waals surface area (Å²) in [5, 5.41) is 4.05. The van der Waals surface area contributed by atoms with E-state index in [4.69, 9.17) is 5.73 Å². The van der Waals surface area contributed by atoms with Crippen molar-refractivity contribution < 1.29 is 4.39 Å². The third-order valence-electron chi connectivity index (χ3n) is 2.64. The number of halogens is 1. The molecule has 1 atom stereocenters. The first-order valence-electron chi connectivity index (χ1n) is 5.14. The van der Waals surface area contributed by atoms with Crippen LogP contribution in [0.1, 0.15) is 18.1 Å². The van der Waals surface area contributed by atoms with Gasteiger partial charge in [-0.25, -0.2) is 4.39 Å². The first-order chi connectivity index (χ1) is 7.58. The second-order valence-electron chi connectivity index (χ2n) is 4.24. The van der Waals surface area contributed by atoms with Crippen molar-refractivity contribution in [3.05, 3.63) is 58.0 Å². The van der Waals surface area contributed by atoms with Crippen molar-refractivity contribution in [3.63, 3.8) is 0 Å². The fraction of sp³-hybridized carbons (Fsp3) is 0.231. The maximum Gasteiger partial charge on any atom is 0.123 e. The van der Waals surface area contributed by atoms with Crippen molar-refractivity contribution in [1.82, 2.24) is 0 Å². The molecule has 1 heterocycles. The number of hydrogen-bond acceptors (Lipinski definition) is 2. The maximum atomic E-state index is 13.0. The SMILES string of the molecule is CC(N)(Cc1cccc(F)c1)c1ccsc1. The van der Waals surface area contributed by atoms with Crippen molar-refractivity contribution in [3.8, 4) is 0 Å². The normalized spacial score (nSPS) is 14.7. The van der Waals surface area contributed by atoms with Crippen LogP contribution < -0.4 is 5.73 Å². The molecule has 16 heavy (non-hydrogen) atoms. The fourth-order valence-electron chi connectivity index (χ4n) is 1.76. The van der Waals surface area contributed by atoms with Crippen LogP contribution in [0.2, 0.25) is 0 Å². The number of thiophene rings is 1. The quantitative estimate of drug-likeness (QED) is 0.868. The average molecular weight is 235 g/mol. The predicted octanol–water partition coefficient (Wildman–Crippen LogP) is 3.30. The Morgan fingerprint density at radius 2 is 2.19 bits per heavy atom. The lowest BCUT2D eigenvalue weighted by molar-refractivity contribution is 0.491. The van der Waals surface area contributed by atoms with Crippen LogP contribution in [0.4, 0.5) is 4.39 Å². The van der Waals surface area contributed by atoms with Gasteiger partial charge < -0.3 is 5.73 Å². The Kier molecular flexibility index (Phi) is 3.08. The number of rotatable bonds is 3. The largest absolute Gasteiger partial charge is 0.321 e. The van der Waals surface area contributed by atoms with Crippen LogP contribution in [0, 0.1) is 5.82 Å². The predicted molar refractivity (Wildman–Crippen MR) is 66.0 cm³/mol. The highest BCUT2D eigenvalue weighted by atomic mass is 32.1. The molecule has 84 valence electrons. The van der Waals surface area contributed by atoms with Gasteiger partial charge in [-0.05, 0) is 53.4 Å². The van der Waals surface area contributed by atoms with Crippen LogP contribution in [0.5, 0.6) is 0 Å². The van der Waals surface area contributed by atoms with Gasteiger partial charge in [-0.15, -0.1) is 0 Å². The zero-order chi connectivity index (χ0) is 11.6. The van der Waals surface area contributed by atoms with Crippen LogP contribution in [-0.2, 0) is 12.0 Å². The second-order valence-corrected chi connectivity index (χ2v) is 5.02. The van der Waals surface area contributed by atoms with Crippen LogP contribution >= 0.6 is 11.3 Å². The Labute approximate surface area is 98.7 Å². The Morgan fingerprint density at radius 1 is 1.38 bits per heavy atom. The fourth-order valence-corrected chi connectivity index (χ4v) is 2.56. The highest BCUT2D eigenvalue weighted by Crippen LogP contribution is 2.24. The molecule has 2 rings (SSSR count). The zero-order valence-corrected chi connectivity index (χ0v) is 9.93. The van der Waals surface area contributed by atoms with Gasteiger partial charge in [-0.1, -0.05) is 12.1 Å². The lowest BCUT2D eigenvalue weighted by Gasteiger charge is -2.23. The number of nitrogens with two attached hydrogens (primary N) is 1. The third-order valence-corrected chi connectivity index (χ3v) is 3.32. The molecule has 0 saturated carbocycles. The highest BCUT2D eigenvalue weighted by Gasteiger charge is 2.22. The van der Waals surface area contributed by atoms with Crippen LogP contribution in [0.15, 0.2) is 41.1 Å². The van der Waals surface area contributed by atoms with E-state index in [1.165, 1.54) is 12.1 Å². The molecular weight excluding hydrogens is 221 g/mol. The van der Waals surface area contributed by atoms with Gasteiger partial charge in [0, 0.05) is 5.54 Å². The van der Waals surface area contributed by atoms with Crippen molar-refractivity contribution in [2.45, 2.75) is 18.9 Å². The first kappa shape index (κ1) is 11.3. The molecule has 2 aromatic rings. The first-order valence-corrected chi connectivity index (χ1v) is 6.08. The summed E-state index contributed by atoms with van der Waals surface area (Å²) in [6, 6.07) is 8.62. The topological polar surface area (TPSA) is 26.0 Å². The molecule has 0 radical (unpaired) electrons. The minimum atomic E-state index is -0.437. The van der Waals surface area contributed by atoms with Gasteiger partial charge in [0.05, 0.1) is 0 Å². The summed E-state index contributed by atoms with van der Waals surface area (Å²) < 4.78 is 13.0. The van der Waals surface area contributed by atoms with Gasteiger partial charge in [0.2, 0.25) is 0 Å². The van der Waals surface area contributed by atoms with E-state index in [-0.39, 0.29) is 5.82 Å². The Hall–Kier alpha value is -1.19. The molecule has 0 fully saturated rings. The van der Waals surface area contributed by atoms with Crippen LogP contribution in [0.3, 0.4) is 0 Å². The van der Waals surface area contributed by atoms with E-state index in [1.54, 1.807) is 17.4 Å². The summed E-state index contributed by atoms with van der Waals surface area (Å²) in [5.41, 5.74) is 7.84. The summed E-state index contributed by atoms with van der Waals surface area (Å²) in [6.45, 7) is 1.97.